The molecule has 0 N–H and O–H groups in total. The summed E-state index contributed by atoms with van der Waals surface area (Å²) in [6, 6.07) is 0. The standard InChI is InChI=1S/C11H12/c1-3-10-8-6-5-7-9-11(10)4-2/h3-6,8-9H,1-2,7H2. The molecule has 0 saturated carbocycles. The van der Waals surface area contributed by atoms with E-state index in [0.29, 0.717) is 0 Å². The van der Waals surface area contributed by atoms with Crippen molar-refractivity contribution in [1.82, 2.24) is 0 Å². The van der Waals surface area contributed by atoms with Crippen LogP contribution in [0, 0.1) is 0 Å². The molecular weight excluding hydrogens is 132 g/mol. The fourth-order valence-corrected chi connectivity index (χ4v) is 1.05. The van der Waals surface area contributed by atoms with Gasteiger partial charge in [0.1, 0.15) is 0 Å². The van der Waals surface area contributed by atoms with Crippen molar-refractivity contribution < 1.29 is 0 Å². The molecule has 0 spiro atoms. The Labute approximate surface area is 67.9 Å². The normalized spacial score (nSPS) is 16.4. The van der Waals surface area contributed by atoms with Gasteiger partial charge in [-0.1, -0.05) is 49.6 Å². The topological polar surface area (TPSA) is 0 Å². The Morgan fingerprint density at radius 1 is 1.18 bits per heavy atom. The maximum atomic E-state index is 3.74. The summed E-state index contributed by atoms with van der Waals surface area (Å²) < 4.78 is 0. The molecule has 0 aromatic rings. The lowest BCUT2D eigenvalue weighted by molar-refractivity contribution is 1.37. The maximum Gasteiger partial charge on any atom is -0.0157 e. The molecule has 0 fully saturated rings. The lowest BCUT2D eigenvalue weighted by Gasteiger charge is -1.98. The van der Waals surface area contributed by atoms with Crippen LogP contribution in [0.3, 0.4) is 0 Å². The molecule has 0 saturated heterocycles. The third-order valence-electron chi connectivity index (χ3n) is 1.66. The Kier molecular flexibility index (Phi) is 2.67. The molecule has 0 heterocycles. The molecule has 0 atom stereocenters. The van der Waals surface area contributed by atoms with E-state index in [1.54, 1.807) is 0 Å². The molecule has 11 heavy (non-hydrogen) atoms. The van der Waals surface area contributed by atoms with Crippen molar-refractivity contribution in [3.63, 3.8) is 0 Å². The molecule has 0 aliphatic heterocycles. The molecule has 0 unspecified atom stereocenters. The molecule has 0 aromatic carbocycles. The van der Waals surface area contributed by atoms with Gasteiger partial charge in [0.15, 0.2) is 0 Å². The van der Waals surface area contributed by atoms with Gasteiger partial charge in [-0.05, 0) is 17.6 Å². The van der Waals surface area contributed by atoms with Gasteiger partial charge in [0.2, 0.25) is 0 Å². The summed E-state index contributed by atoms with van der Waals surface area (Å²) in [4.78, 5) is 0. The zero-order valence-electron chi connectivity index (χ0n) is 6.59. The van der Waals surface area contributed by atoms with Crippen molar-refractivity contribution in [3.05, 3.63) is 60.8 Å². The highest BCUT2D eigenvalue weighted by Crippen LogP contribution is 2.15. The van der Waals surface area contributed by atoms with Crippen LogP contribution in [0.4, 0.5) is 0 Å². The van der Waals surface area contributed by atoms with Gasteiger partial charge in [0.25, 0.3) is 0 Å². The summed E-state index contributed by atoms with van der Waals surface area (Å²) in [5, 5.41) is 0. The van der Waals surface area contributed by atoms with Gasteiger partial charge in [-0.25, -0.2) is 0 Å². The molecular formula is C11H12. The fraction of sp³-hybridized carbons (Fsp3) is 0.0909. The zero-order valence-corrected chi connectivity index (χ0v) is 6.59. The number of rotatable bonds is 2. The predicted molar refractivity (Wildman–Crippen MR) is 50.3 cm³/mol. The van der Waals surface area contributed by atoms with E-state index < -0.39 is 0 Å². The summed E-state index contributed by atoms with van der Waals surface area (Å²) in [6.45, 7) is 7.47. The van der Waals surface area contributed by atoms with Crippen molar-refractivity contribution in [2.45, 2.75) is 6.42 Å². The quantitative estimate of drug-likeness (QED) is 0.558. The van der Waals surface area contributed by atoms with Crippen LogP contribution >= 0.6 is 0 Å². The highest BCUT2D eigenvalue weighted by molar-refractivity contribution is 5.48. The van der Waals surface area contributed by atoms with Gasteiger partial charge < -0.3 is 0 Å². The average Bonchev–Trinajstić information content (AvgIpc) is 2.27. The molecule has 1 aliphatic carbocycles. The van der Waals surface area contributed by atoms with Gasteiger partial charge in [0.05, 0.1) is 0 Å². The fourth-order valence-electron chi connectivity index (χ4n) is 1.05. The van der Waals surface area contributed by atoms with E-state index in [2.05, 4.69) is 25.3 Å². The number of hydrogen-bond donors (Lipinski definition) is 0. The third-order valence-corrected chi connectivity index (χ3v) is 1.66. The number of allylic oxidation sites excluding steroid dienone is 8. The first-order chi connectivity index (χ1) is 5.38. The highest BCUT2D eigenvalue weighted by Gasteiger charge is 1.96. The smallest absolute Gasteiger partial charge is 0.0157 e. The molecule has 56 valence electrons. The molecule has 1 rings (SSSR count). The summed E-state index contributed by atoms with van der Waals surface area (Å²) in [5.41, 5.74) is 2.32. The third kappa shape index (κ3) is 1.81. The highest BCUT2D eigenvalue weighted by atomic mass is 14.0. The van der Waals surface area contributed by atoms with Crippen LogP contribution < -0.4 is 0 Å². The minimum absolute atomic E-state index is 0.981. The predicted octanol–water partition coefficient (Wildman–Crippen LogP) is 3.17. The summed E-state index contributed by atoms with van der Waals surface area (Å²) in [5.74, 6) is 0. The van der Waals surface area contributed by atoms with E-state index in [1.165, 1.54) is 5.57 Å². The Balaban J connectivity index is 2.99. The molecule has 0 aromatic heterocycles. The van der Waals surface area contributed by atoms with Gasteiger partial charge in [0, 0.05) is 0 Å². The van der Waals surface area contributed by atoms with Gasteiger partial charge >= 0.3 is 0 Å². The van der Waals surface area contributed by atoms with Crippen LogP contribution in [-0.4, -0.2) is 0 Å². The summed E-state index contributed by atoms with van der Waals surface area (Å²) >= 11 is 0. The summed E-state index contributed by atoms with van der Waals surface area (Å²) in [6.07, 6.45) is 13.0. The van der Waals surface area contributed by atoms with E-state index in [4.69, 9.17) is 0 Å². The van der Waals surface area contributed by atoms with Crippen LogP contribution in [0.1, 0.15) is 6.42 Å². The first-order valence-electron chi connectivity index (χ1n) is 3.70. The molecule has 1 aliphatic rings. The van der Waals surface area contributed by atoms with E-state index in [9.17, 15) is 0 Å². The second kappa shape index (κ2) is 3.77. The maximum absolute atomic E-state index is 3.74. The van der Waals surface area contributed by atoms with Crippen molar-refractivity contribution in [1.29, 1.82) is 0 Å². The first-order valence-corrected chi connectivity index (χ1v) is 3.70. The lowest BCUT2D eigenvalue weighted by Crippen LogP contribution is -1.79. The second-order valence-corrected chi connectivity index (χ2v) is 2.35. The average molecular weight is 144 g/mol. The van der Waals surface area contributed by atoms with Crippen molar-refractivity contribution >= 4 is 0 Å². The van der Waals surface area contributed by atoms with E-state index >= 15 is 0 Å². The van der Waals surface area contributed by atoms with Crippen LogP contribution in [0.25, 0.3) is 0 Å². The zero-order chi connectivity index (χ0) is 8.10. The lowest BCUT2D eigenvalue weighted by atomic mass is 10.1. The Bertz CT molecular complexity index is 249. The van der Waals surface area contributed by atoms with Gasteiger partial charge in [-0.3, -0.25) is 0 Å². The van der Waals surface area contributed by atoms with Crippen LogP contribution in [0.5, 0.6) is 0 Å². The Morgan fingerprint density at radius 2 is 1.91 bits per heavy atom. The molecule has 0 amide bonds. The van der Waals surface area contributed by atoms with Crippen LogP contribution in [-0.2, 0) is 0 Å². The van der Waals surface area contributed by atoms with E-state index in [0.717, 1.165) is 12.0 Å². The first kappa shape index (κ1) is 7.80. The largest absolute Gasteiger partial charge is 0.0985 e. The number of hydrogen-bond acceptors (Lipinski definition) is 0. The van der Waals surface area contributed by atoms with Gasteiger partial charge in [-0.15, -0.1) is 0 Å². The summed E-state index contributed by atoms with van der Waals surface area (Å²) in [7, 11) is 0. The molecule has 0 heteroatoms. The van der Waals surface area contributed by atoms with E-state index in [-0.39, 0.29) is 0 Å². The Morgan fingerprint density at radius 3 is 2.55 bits per heavy atom. The molecule has 0 bridgehead atoms. The van der Waals surface area contributed by atoms with Crippen molar-refractivity contribution in [2.24, 2.45) is 0 Å². The minimum atomic E-state index is 0.981. The second-order valence-electron chi connectivity index (χ2n) is 2.35. The molecule has 0 nitrogen and oxygen atoms in total. The molecule has 0 radical (unpaired) electrons. The van der Waals surface area contributed by atoms with Gasteiger partial charge in [-0.2, -0.15) is 0 Å². The SMILES string of the molecule is C=CC1=CC=CCC=C1C=C. The van der Waals surface area contributed by atoms with Crippen LogP contribution in [0.2, 0.25) is 0 Å². The Hall–Kier alpha value is -1.30. The van der Waals surface area contributed by atoms with Crippen LogP contribution in [0.15, 0.2) is 60.8 Å². The van der Waals surface area contributed by atoms with Crippen molar-refractivity contribution in [3.8, 4) is 0 Å². The monoisotopic (exact) mass is 144 g/mol. The van der Waals surface area contributed by atoms with Crippen molar-refractivity contribution in [2.75, 3.05) is 0 Å². The van der Waals surface area contributed by atoms with E-state index in [1.807, 2.05) is 24.3 Å². The minimum Gasteiger partial charge on any atom is -0.0985 e.